The molecule has 0 radical (unpaired) electrons. The molecule has 7 heteroatoms. The van der Waals surface area contributed by atoms with Crippen LogP contribution in [-0.4, -0.2) is 27.2 Å². The molecule has 3 aromatic rings. The predicted octanol–water partition coefficient (Wildman–Crippen LogP) is 4.27. The number of thioether (sulfide) groups is 1. The van der Waals surface area contributed by atoms with Crippen LogP contribution >= 0.6 is 23.1 Å². The maximum Gasteiger partial charge on any atom is 0.262 e. The van der Waals surface area contributed by atoms with Crippen LogP contribution in [0.2, 0.25) is 0 Å². The van der Waals surface area contributed by atoms with Gasteiger partial charge in [0.05, 0.1) is 27.7 Å². The normalized spacial score (nSPS) is 11.5. The van der Waals surface area contributed by atoms with E-state index in [1.807, 2.05) is 45.0 Å². The summed E-state index contributed by atoms with van der Waals surface area (Å²) in [5.41, 5.74) is 1.77. The molecule has 0 aliphatic heterocycles. The van der Waals surface area contributed by atoms with Crippen LogP contribution in [0.3, 0.4) is 0 Å². The summed E-state index contributed by atoms with van der Waals surface area (Å²) in [6, 6.07) is 7.51. The molecule has 3 rings (SSSR count). The second kappa shape index (κ2) is 8.79. The third kappa shape index (κ3) is 4.72. The van der Waals surface area contributed by atoms with Crippen LogP contribution < -0.4 is 5.56 Å². The molecule has 0 saturated carbocycles. The first-order chi connectivity index (χ1) is 12.5. The third-order valence-corrected chi connectivity index (χ3v) is 5.65. The van der Waals surface area contributed by atoms with Crippen molar-refractivity contribution in [3.63, 3.8) is 0 Å². The van der Waals surface area contributed by atoms with E-state index in [0.29, 0.717) is 24.3 Å². The van der Waals surface area contributed by atoms with Crippen molar-refractivity contribution in [3.8, 4) is 0 Å². The van der Waals surface area contributed by atoms with Crippen molar-refractivity contribution in [2.24, 2.45) is 0 Å². The van der Waals surface area contributed by atoms with Gasteiger partial charge in [0.2, 0.25) is 0 Å². The number of fused-ring (bicyclic) bond motifs is 1. The minimum Gasteiger partial charge on any atom is -0.379 e. The van der Waals surface area contributed by atoms with Gasteiger partial charge in [-0.2, -0.15) is 0 Å². The minimum absolute atomic E-state index is 0.0112. The number of aromatic nitrogens is 3. The number of hydrogen-bond acceptors (Lipinski definition) is 6. The first kappa shape index (κ1) is 19.1. The Labute approximate surface area is 161 Å². The smallest absolute Gasteiger partial charge is 0.262 e. The lowest BCUT2D eigenvalue weighted by atomic mass is 10.2. The zero-order valence-corrected chi connectivity index (χ0v) is 16.9. The molecule has 0 spiro atoms. The number of para-hydroxylation sites is 1. The van der Waals surface area contributed by atoms with Gasteiger partial charge >= 0.3 is 0 Å². The lowest BCUT2D eigenvalue weighted by molar-refractivity contribution is 0.0743. The van der Waals surface area contributed by atoms with Crippen LogP contribution in [0, 0.1) is 6.92 Å². The summed E-state index contributed by atoms with van der Waals surface area (Å²) in [7, 11) is 0. The number of ether oxygens (including phenoxy) is 1. The van der Waals surface area contributed by atoms with Gasteiger partial charge in [0.25, 0.3) is 5.56 Å². The van der Waals surface area contributed by atoms with E-state index in [4.69, 9.17) is 9.72 Å². The van der Waals surface area contributed by atoms with E-state index in [2.05, 4.69) is 10.4 Å². The van der Waals surface area contributed by atoms with Crippen molar-refractivity contribution in [2.75, 3.05) is 6.61 Å². The molecule has 1 aromatic carbocycles. The molecule has 0 amide bonds. The highest BCUT2D eigenvalue weighted by atomic mass is 32.2. The summed E-state index contributed by atoms with van der Waals surface area (Å²) in [4.78, 5) is 22.2. The number of rotatable bonds is 8. The average molecular weight is 390 g/mol. The number of benzene rings is 1. The monoisotopic (exact) mass is 389 g/mol. The lowest BCUT2D eigenvalue weighted by Crippen LogP contribution is -2.24. The van der Waals surface area contributed by atoms with E-state index < -0.39 is 0 Å². The molecular weight excluding hydrogens is 366 g/mol. The first-order valence-electron chi connectivity index (χ1n) is 8.69. The van der Waals surface area contributed by atoms with Crippen molar-refractivity contribution in [3.05, 3.63) is 50.7 Å². The molecule has 0 aliphatic rings. The van der Waals surface area contributed by atoms with Gasteiger partial charge in [0.1, 0.15) is 0 Å². The lowest BCUT2D eigenvalue weighted by Gasteiger charge is -2.13. The summed E-state index contributed by atoms with van der Waals surface area (Å²) < 4.78 is 7.39. The molecule has 5 nitrogen and oxygen atoms in total. The van der Waals surface area contributed by atoms with Crippen LogP contribution in [0.1, 0.15) is 31.0 Å². The number of hydrogen-bond donors (Lipinski definition) is 0. The largest absolute Gasteiger partial charge is 0.379 e. The van der Waals surface area contributed by atoms with Crippen LogP contribution in [0.5, 0.6) is 0 Å². The Bertz CT molecular complexity index is 934. The van der Waals surface area contributed by atoms with E-state index in [1.165, 1.54) is 0 Å². The fourth-order valence-electron chi connectivity index (χ4n) is 2.61. The molecule has 0 saturated heterocycles. The van der Waals surface area contributed by atoms with Crippen LogP contribution in [0.25, 0.3) is 10.9 Å². The highest BCUT2D eigenvalue weighted by Gasteiger charge is 2.12. The fourth-order valence-corrected chi connectivity index (χ4v) is 4.25. The van der Waals surface area contributed by atoms with Gasteiger partial charge in [0, 0.05) is 24.3 Å². The van der Waals surface area contributed by atoms with E-state index in [0.717, 1.165) is 27.8 Å². The molecule has 2 aromatic heterocycles. The summed E-state index contributed by atoms with van der Waals surface area (Å²) in [6.07, 6.45) is 0.977. The molecule has 2 heterocycles. The van der Waals surface area contributed by atoms with E-state index in [1.54, 1.807) is 27.7 Å². The van der Waals surface area contributed by atoms with E-state index >= 15 is 0 Å². The Morgan fingerprint density at radius 3 is 2.81 bits per heavy atom. The third-order valence-electron chi connectivity index (χ3n) is 3.82. The van der Waals surface area contributed by atoms with Crippen LogP contribution in [-0.2, 0) is 17.0 Å². The SMILES string of the molecule is Cc1nc(CSc2nc3ccccc3c(=O)n2CCCOC(C)C)cs1. The van der Waals surface area contributed by atoms with Gasteiger partial charge in [-0.3, -0.25) is 9.36 Å². The van der Waals surface area contributed by atoms with Gasteiger partial charge in [-0.1, -0.05) is 23.9 Å². The maximum absolute atomic E-state index is 12.9. The molecule has 0 N–H and O–H groups in total. The van der Waals surface area contributed by atoms with Gasteiger partial charge in [-0.15, -0.1) is 11.3 Å². The Morgan fingerprint density at radius 2 is 2.08 bits per heavy atom. The highest BCUT2D eigenvalue weighted by Crippen LogP contribution is 2.23. The van der Waals surface area contributed by atoms with Gasteiger partial charge < -0.3 is 4.74 Å². The summed E-state index contributed by atoms with van der Waals surface area (Å²) in [5, 5.41) is 4.51. The standard InChI is InChI=1S/C19H23N3O2S2/c1-13(2)24-10-6-9-22-18(23)16-7-4-5-8-17(16)21-19(22)26-12-15-11-25-14(3)20-15/h4-5,7-8,11,13H,6,9-10,12H2,1-3H3. The predicted molar refractivity (Wildman–Crippen MR) is 108 cm³/mol. The highest BCUT2D eigenvalue weighted by molar-refractivity contribution is 7.98. The molecule has 138 valence electrons. The molecular formula is C19H23N3O2S2. The fraction of sp³-hybridized carbons (Fsp3) is 0.421. The van der Waals surface area contributed by atoms with Crippen molar-refractivity contribution < 1.29 is 4.74 Å². The zero-order chi connectivity index (χ0) is 18.5. The number of aryl methyl sites for hydroxylation is 1. The molecule has 0 unspecified atom stereocenters. The Hall–Kier alpha value is -1.70. The summed E-state index contributed by atoms with van der Waals surface area (Å²) in [6.45, 7) is 7.26. The second-order valence-electron chi connectivity index (χ2n) is 6.29. The van der Waals surface area contributed by atoms with Crippen LogP contribution in [0.4, 0.5) is 0 Å². The number of thiazole rings is 1. The van der Waals surface area contributed by atoms with Gasteiger partial charge in [-0.25, -0.2) is 9.97 Å². The second-order valence-corrected chi connectivity index (χ2v) is 8.29. The van der Waals surface area contributed by atoms with Crippen LogP contribution in [0.15, 0.2) is 39.6 Å². The summed E-state index contributed by atoms with van der Waals surface area (Å²) in [5.74, 6) is 0.706. The Morgan fingerprint density at radius 1 is 1.27 bits per heavy atom. The van der Waals surface area contributed by atoms with Crippen molar-refractivity contribution in [2.45, 2.75) is 50.8 Å². The maximum atomic E-state index is 12.9. The Balaban J connectivity index is 1.85. The molecule has 0 aliphatic carbocycles. The van der Waals surface area contributed by atoms with Crippen molar-refractivity contribution in [1.29, 1.82) is 0 Å². The quantitative estimate of drug-likeness (QED) is 0.327. The summed E-state index contributed by atoms with van der Waals surface area (Å²) >= 11 is 3.20. The van der Waals surface area contributed by atoms with Crippen molar-refractivity contribution in [1.82, 2.24) is 14.5 Å². The molecule has 0 fully saturated rings. The molecule has 0 atom stereocenters. The molecule has 26 heavy (non-hydrogen) atoms. The van der Waals surface area contributed by atoms with Gasteiger partial charge in [0.15, 0.2) is 5.16 Å². The number of nitrogens with zero attached hydrogens (tertiary/aromatic N) is 3. The van der Waals surface area contributed by atoms with E-state index in [9.17, 15) is 4.79 Å². The van der Waals surface area contributed by atoms with Gasteiger partial charge in [-0.05, 0) is 39.3 Å². The van der Waals surface area contributed by atoms with E-state index in [-0.39, 0.29) is 11.7 Å². The van der Waals surface area contributed by atoms with Crippen molar-refractivity contribution >= 4 is 34.0 Å². The topological polar surface area (TPSA) is 57.0 Å². The zero-order valence-electron chi connectivity index (χ0n) is 15.3. The molecule has 0 bridgehead atoms. The minimum atomic E-state index is 0.0112. The first-order valence-corrected chi connectivity index (χ1v) is 10.6. The average Bonchev–Trinajstić information content (AvgIpc) is 3.04. The Kier molecular flexibility index (Phi) is 6.45.